The van der Waals surface area contributed by atoms with Gasteiger partial charge in [-0.25, -0.2) is 4.98 Å². The van der Waals surface area contributed by atoms with Crippen molar-refractivity contribution in [2.45, 2.75) is 11.8 Å². The van der Waals surface area contributed by atoms with Crippen molar-refractivity contribution in [3.05, 3.63) is 48.0 Å². The molecule has 2 heterocycles. The minimum atomic E-state index is -3.73. The second-order valence-electron chi connectivity index (χ2n) is 6.37. The van der Waals surface area contributed by atoms with E-state index in [0.717, 1.165) is 16.0 Å². The molecule has 4 rings (SSSR count). The molecule has 0 atom stereocenters. The highest BCUT2D eigenvalue weighted by atomic mass is 32.2. The van der Waals surface area contributed by atoms with E-state index in [0.29, 0.717) is 17.3 Å². The maximum Gasteiger partial charge on any atom is 0.285 e. The third-order valence-corrected chi connectivity index (χ3v) is 6.53. The molecule has 0 radical (unpaired) electrons. The maximum atomic E-state index is 12.5. The quantitative estimate of drug-likeness (QED) is 0.668. The number of amidine groups is 1. The normalized spacial score (nSPS) is 14.3. The van der Waals surface area contributed by atoms with E-state index >= 15 is 0 Å². The molecule has 0 saturated carbocycles. The fraction of sp³-hybridized carbons (Fsp3) is 0.211. The maximum absolute atomic E-state index is 12.5. The zero-order valence-corrected chi connectivity index (χ0v) is 17.4. The number of fused-ring (bicyclic) bond motifs is 2. The van der Waals surface area contributed by atoms with Crippen LogP contribution in [0.4, 0.5) is 5.13 Å². The Kier molecular flexibility index (Phi) is 4.97. The summed E-state index contributed by atoms with van der Waals surface area (Å²) in [7, 11) is -2.10. The summed E-state index contributed by atoms with van der Waals surface area (Å²) in [5.74, 6) is 0.683. The van der Waals surface area contributed by atoms with E-state index in [1.54, 1.807) is 25.2 Å². The largest absolute Gasteiger partial charge is 0.494 e. The van der Waals surface area contributed by atoms with E-state index in [1.807, 2.05) is 25.1 Å². The highest BCUT2D eigenvalue weighted by Gasteiger charge is 2.31. The number of hydrogen-bond donors (Lipinski definition) is 1. The van der Waals surface area contributed by atoms with Gasteiger partial charge >= 0.3 is 0 Å². The van der Waals surface area contributed by atoms with Gasteiger partial charge < -0.3 is 15.0 Å². The molecule has 0 fully saturated rings. The Bertz CT molecular complexity index is 1230. The van der Waals surface area contributed by atoms with Gasteiger partial charge in [-0.1, -0.05) is 23.5 Å². The Labute approximate surface area is 171 Å². The average Bonchev–Trinajstić information content (AvgIpc) is 3.19. The van der Waals surface area contributed by atoms with Crippen molar-refractivity contribution in [3.8, 4) is 5.75 Å². The van der Waals surface area contributed by atoms with Crippen molar-refractivity contribution in [1.82, 2.24) is 9.88 Å². The average molecular weight is 431 g/mol. The summed E-state index contributed by atoms with van der Waals surface area (Å²) in [6.45, 7) is 2.42. The van der Waals surface area contributed by atoms with Crippen LogP contribution in [0.15, 0.2) is 51.8 Å². The Morgan fingerprint density at radius 1 is 1.24 bits per heavy atom. The van der Waals surface area contributed by atoms with Crippen LogP contribution < -0.4 is 10.1 Å². The number of anilines is 1. The van der Waals surface area contributed by atoms with Gasteiger partial charge in [0.25, 0.3) is 10.0 Å². The molecule has 29 heavy (non-hydrogen) atoms. The molecular weight excluding hydrogens is 412 g/mol. The lowest BCUT2D eigenvalue weighted by Crippen LogP contribution is -2.34. The minimum absolute atomic E-state index is 0.0667. The molecule has 0 spiro atoms. The van der Waals surface area contributed by atoms with Gasteiger partial charge in [-0.15, -0.1) is 4.40 Å². The topological polar surface area (TPSA) is 101 Å². The second-order valence-corrected chi connectivity index (χ2v) is 8.98. The van der Waals surface area contributed by atoms with Crippen LogP contribution in [0.3, 0.4) is 0 Å². The zero-order chi connectivity index (χ0) is 20.6. The van der Waals surface area contributed by atoms with Crippen LogP contribution in [-0.2, 0) is 14.8 Å². The molecule has 8 nitrogen and oxygen atoms in total. The number of hydrogen-bond acceptors (Lipinski definition) is 7. The number of thiazole rings is 1. The van der Waals surface area contributed by atoms with Gasteiger partial charge in [0, 0.05) is 12.6 Å². The van der Waals surface area contributed by atoms with Gasteiger partial charge in [0.1, 0.15) is 10.6 Å². The molecule has 150 valence electrons. The number of carbonyl (C=O) groups excluding carboxylic acids is 1. The minimum Gasteiger partial charge on any atom is -0.494 e. The molecule has 1 aliphatic rings. The predicted molar refractivity (Wildman–Crippen MR) is 112 cm³/mol. The predicted octanol–water partition coefficient (Wildman–Crippen LogP) is 2.71. The Hall–Kier alpha value is -2.98. The van der Waals surface area contributed by atoms with Gasteiger partial charge in [-0.3, -0.25) is 4.79 Å². The highest BCUT2D eigenvalue weighted by molar-refractivity contribution is 7.90. The molecule has 1 aromatic heterocycles. The van der Waals surface area contributed by atoms with Crippen LogP contribution in [-0.4, -0.2) is 50.2 Å². The van der Waals surface area contributed by atoms with E-state index < -0.39 is 10.0 Å². The molecule has 0 unspecified atom stereocenters. The lowest BCUT2D eigenvalue weighted by Gasteiger charge is -2.17. The number of sulfonamides is 1. The van der Waals surface area contributed by atoms with Crippen LogP contribution in [0, 0.1) is 0 Å². The van der Waals surface area contributed by atoms with E-state index in [9.17, 15) is 13.2 Å². The molecule has 0 bridgehead atoms. The SMILES string of the molecule is CCOc1ccc2nc(NC(=O)CN(C)C3=NS(=O)(=O)c4ccccc43)sc2c1. The number of aromatic nitrogens is 1. The number of carbonyl (C=O) groups is 1. The van der Waals surface area contributed by atoms with E-state index in [-0.39, 0.29) is 23.2 Å². The van der Waals surface area contributed by atoms with E-state index in [1.165, 1.54) is 22.3 Å². The number of likely N-dealkylation sites (N-methyl/N-ethyl adjacent to an activating group) is 1. The van der Waals surface area contributed by atoms with Gasteiger partial charge in [-0.05, 0) is 37.3 Å². The van der Waals surface area contributed by atoms with Gasteiger partial charge in [0.2, 0.25) is 5.91 Å². The molecule has 0 aliphatic carbocycles. The van der Waals surface area contributed by atoms with Crippen molar-refractivity contribution >= 4 is 48.5 Å². The first-order valence-electron chi connectivity index (χ1n) is 8.86. The Balaban J connectivity index is 1.48. The molecule has 10 heteroatoms. The van der Waals surface area contributed by atoms with Crippen LogP contribution >= 0.6 is 11.3 Å². The third kappa shape index (κ3) is 3.81. The lowest BCUT2D eigenvalue weighted by atomic mass is 10.2. The van der Waals surface area contributed by atoms with Gasteiger partial charge in [0.15, 0.2) is 11.0 Å². The first kappa shape index (κ1) is 19.3. The van der Waals surface area contributed by atoms with Gasteiger partial charge in [0.05, 0.1) is 23.4 Å². The second kappa shape index (κ2) is 7.45. The van der Waals surface area contributed by atoms with Crippen LogP contribution in [0.25, 0.3) is 10.2 Å². The van der Waals surface area contributed by atoms with Crippen molar-refractivity contribution in [2.24, 2.45) is 4.40 Å². The van der Waals surface area contributed by atoms with Crippen molar-refractivity contribution in [3.63, 3.8) is 0 Å². The Morgan fingerprint density at radius 2 is 2.03 bits per heavy atom. The molecule has 2 aromatic carbocycles. The fourth-order valence-corrected chi connectivity index (χ4v) is 5.19. The summed E-state index contributed by atoms with van der Waals surface area (Å²) in [5.41, 5.74) is 1.26. The van der Waals surface area contributed by atoms with Crippen LogP contribution in [0.5, 0.6) is 5.75 Å². The Morgan fingerprint density at radius 3 is 2.83 bits per heavy atom. The molecule has 3 aromatic rings. The number of nitrogens with zero attached hydrogens (tertiary/aromatic N) is 3. The number of rotatable bonds is 5. The summed E-state index contributed by atoms with van der Waals surface area (Å²) in [6.07, 6.45) is 0. The number of benzene rings is 2. The summed E-state index contributed by atoms with van der Waals surface area (Å²) in [4.78, 5) is 18.6. The van der Waals surface area contributed by atoms with E-state index in [2.05, 4.69) is 14.7 Å². The van der Waals surface area contributed by atoms with Crippen molar-refractivity contribution < 1.29 is 17.9 Å². The lowest BCUT2D eigenvalue weighted by molar-refractivity contribution is -0.116. The molecule has 1 amide bonds. The number of nitrogens with one attached hydrogen (secondary N) is 1. The first-order valence-corrected chi connectivity index (χ1v) is 11.1. The van der Waals surface area contributed by atoms with Gasteiger partial charge in [-0.2, -0.15) is 8.42 Å². The first-order chi connectivity index (χ1) is 13.9. The monoisotopic (exact) mass is 430 g/mol. The van der Waals surface area contributed by atoms with Crippen molar-refractivity contribution in [2.75, 3.05) is 25.5 Å². The number of amides is 1. The molecule has 1 aliphatic heterocycles. The smallest absolute Gasteiger partial charge is 0.285 e. The summed E-state index contributed by atoms with van der Waals surface area (Å²) in [6, 6.07) is 12.1. The van der Waals surface area contributed by atoms with Crippen LogP contribution in [0.1, 0.15) is 12.5 Å². The molecule has 1 N–H and O–H groups in total. The van der Waals surface area contributed by atoms with E-state index in [4.69, 9.17) is 4.74 Å². The third-order valence-electron chi connectivity index (χ3n) is 4.27. The zero-order valence-electron chi connectivity index (χ0n) is 15.7. The van der Waals surface area contributed by atoms with Crippen LogP contribution in [0.2, 0.25) is 0 Å². The fourth-order valence-electron chi connectivity index (χ4n) is 3.03. The highest BCUT2D eigenvalue weighted by Crippen LogP contribution is 2.30. The molecule has 0 saturated heterocycles. The summed E-state index contributed by atoms with van der Waals surface area (Å²) >= 11 is 1.35. The van der Waals surface area contributed by atoms with Crippen molar-refractivity contribution in [1.29, 1.82) is 0 Å². The summed E-state index contributed by atoms with van der Waals surface area (Å²) in [5, 5.41) is 3.23. The standard InChI is InChI=1S/C19H18N4O4S2/c1-3-27-12-8-9-14-15(10-12)28-19(20-14)21-17(24)11-23(2)18-13-6-4-5-7-16(13)29(25,26)22-18/h4-10H,3,11H2,1-2H3,(H,20,21,24). The number of ether oxygens (including phenoxy) is 1. The molecular formula is C19H18N4O4S2. The summed E-state index contributed by atoms with van der Waals surface area (Å²) < 4.78 is 34.6.